The summed E-state index contributed by atoms with van der Waals surface area (Å²) in [5.41, 5.74) is 10.5. The van der Waals surface area contributed by atoms with Gasteiger partial charge in [-0.15, -0.1) is 23.6 Å². The maximum atomic E-state index is 11.7. The Labute approximate surface area is 360 Å². The van der Waals surface area contributed by atoms with Gasteiger partial charge < -0.3 is 9.51 Å². The third kappa shape index (κ3) is 9.29. The summed E-state index contributed by atoms with van der Waals surface area (Å²) in [6, 6.07) is 21.9. The number of aliphatic hydroxyl groups excluding tert-OH is 1. The standard InChI is InChI=1S/C39H42N3.C13H24O2.Ir/c1-37(2,3)19-23-14-15-26-28(16-23)34-30(20-38(4,5)6)31(21-39(7,8)9)35-29-18-25-13-11-10-12-24(25)17-27(29)33-36(42(34)35)32(26)40-22-41-33;1-5-10(6-2)12(14)9-13(15)11(7-3)8-4;/h10-16,18,22H,19-21H2,1-9H3;9-11,14H,5-8H2,1-4H3;/q-1;;/b;12-9-;. The summed E-state index contributed by atoms with van der Waals surface area (Å²) in [5.74, 6) is 0.547. The summed E-state index contributed by atoms with van der Waals surface area (Å²) < 4.78 is 2.56. The molecule has 3 aromatic carbocycles. The average Bonchev–Trinajstić information content (AvgIpc) is 3.42. The number of fused-ring (bicyclic) bond motifs is 7. The largest absolute Gasteiger partial charge is 0.512 e. The molecule has 0 fully saturated rings. The number of rotatable bonds is 10. The summed E-state index contributed by atoms with van der Waals surface area (Å²) in [5, 5.41) is 16.9. The molecular formula is C52H66IrN3O2-. The maximum absolute atomic E-state index is 11.7. The van der Waals surface area contributed by atoms with Crippen LogP contribution in [0.15, 0.2) is 66.7 Å². The third-order valence-corrected chi connectivity index (χ3v) is 11.5. The van der Waals surface area contributed by atoms with E-state index in [-0.39, 0.29) is 59.7 Å². The van der Waals surface area contributed by atoms with Crippen molar-refractivity contribution in [3.05, 3.63) is 89.5 Å². The van der Waals surface area contributed by atoms with Crippen LogP contribution in [0.4, 0.5) is 0 Å². The Kier molecular flexibility index (Phi) is 13.6. The van der Waals surface area contributed by atoms with Crippen LogP contribution in [0, 0.1) is 34.1 Å². The monoisotopic (exact) mass is 957 g/mol. The average molecular weight is 957 g/mol. The van der Waals surface area contributed by atoms with Gasteiger partial charge >= 0.3 is 0 Å². The van der Waals surface area contributed by atoms with E-state index in [1.807, 2.05) is 27.7 Å². The molecule has 0 bridgehead atoms. The molecule has 7 aromatic rings. The summed E-state index contributed by atoms with van der Waals surface area (Å²) >= 11 is 0. The minimum atomic E-state index is 0. The van der Waals surface area contributed by atoms with E-state index in [1.165, 1.54) is 55.3 Å². The van der Waals surface area contributed by atoms with Crippen molar-refractivity contribution in [3.63, 3.8) is 0 Å². The predicted molar refractivity (Wildman–Crippen MR) is 244 cm³/mol. The van der Waals surface area contributed by atoms with Crippen LogP contribution in [0.2, 0.25) is 0 Å². The van der Waals surface area contributed by atoms with Crippen LogP contribution in [0.3, 0.4) is 0 Å². The van der Waals surface area contributed by atoms with Gasteiger partial charge in [0.15, 0.2) is 5.78 Å². The van der Waals surface area contributed by atoms with Crippen LogP contribution >= 0.6 is 0 Å². The molecule has 4 aromatic heterocycles. The second kappa shape index (κ2) is 17.4. The minimum absolute atomic E-state index is 0. The fourth-order valence-electron chi connectivity index (χ4n) is 8.90. The van der Waals surface area contributed by atoms with Crippen molar-refractivity contribution in [3.8, 4) is 0 Å². The van der Waals surface area contributed by atoms with Crippen molar-refractivity contribution >= 4 is 65.7 Å². The topological polar surface area (TPSA) is 67.5 Å². The number of nitrogens with zero attached hydrogens (tertiary/aromatic N) is 3. The zero-order valence-corrected chi connectivity index (χ0v) is 39.8. The second-order valence-electron chi connectivity index (χ2n) is 20.1. The minimum Gasteiger partial charge on any atom is -0.512 e. The van der Waals surface area contributed by atoms with E-state index in [1.54, 1.807) is 6.33 Å². The normalized spacial score (nSPS) is 13.1. The Morgan fingerprint density at radius 2 is 1.24 bits per heavy atom. The molecular weight excluding hydrogens is 891 g/mol. The van der Waals surface area contributed by atoms with Crippen LogP contribution in [0.5, 0.6) is 0 Å². The van der Waals surface area contributed by atoms with Gasteiger partial charge in [-0.2, -0.15) is 0 Å². The van der Waals surface area contributed by atoms with E-state index in [0.29, 0.717) is 0 Å². The maximum Gasteiger partial charge on any atom is 0.162 e. The first kappa shape index (κ1) is 45.2. The molecule has 0 spiro atoms. The van der Waals surface area contributed by atoms with Crippen LogP contribution < -0.4 is 0 Å². The molecule has 1 radical (unpaired) electrons. The first-order chi connectivity index (χ1) is 26.8. The molecule has 5 nitrogen and oxygen atoms in total. The molecule has 4 heterocycles. The number of aromatic nitrogens is 3. The van der Waals surface area contributed by atoms with E-state index < -0.39 is 0 Å². The number of allylic oxidation sites excluding steroid dienone is 2. The van der Waals surface area contributed by atoms with Gasteiger partial charge in [-0.1, -0.05) is 136 Å². The molecule has 58 heavy (non-hydrogen) atoms. The fraction of sp³-hybridized carbons (Fsp3) is 0.481. The number of ketones is 1. The van der Waals surface area contributed by atoms with Gasteiger partial charge in [-0.25, -0.2) is 4.98 Å². The number of pyridine rings is 2. The summed E-state index contributed by atoms with van der Waals surface area (Å²) in [6.07, 6.45) is 9.68. The van der Waals surface area contributed by atoms with Crippen molar-refractivity contribution in [1.82, 2.24) is 14.4 Å². The Morgan fingerprint density at radius 3 is 1.81 bits per heavy atom. The summed E-state index contributed by atoms with van der Waals surface area (Å²) in [6.45, 7) is 29.3. The molecule has 7 rings (SSSR count). The second-order valence-corrected chi connectivity index (χ2v) is 20.1. The summed E-state index contributed by atoms with van der Waals surface area (Å²) in [4.78, 5) is 21.7. The Hall–Kier alpha value is -3.86. The Bertz CT molecular complexity index is 2590. The van der Waals surface area contributed by atoms with E-state index in [9.17, 15) is 9.90 Å². The van der Waals surface area contributed by atoms with Crippen LogP contribution in [0.25, 0.3) is 59.9 Å². The van der Waals surface area contributed by atoms with Gasteiger partial charge in [-0.3, -0.25) is 9.78 Å². The number of aliphatic hydroxyl groups is 1. The van der Waals surface area contributed by atoms with Gasteiger partial charge in [0.1, 0.15) is 6.33 Å². The van der Waals surface area contributed by atoms with E-state index >= 15 is 0 Å². The van der Waals surface area contributed by atoms with Gasteiger partial charge in [0.2, 0.25) is 0 Å². The predicted octanol–water partition coefficient (Wildman–Crippen LogP) is 14.4. The molecule has 0 aliphatic carbocycles. The van der Waals surface area contributed by atoms with Gasteiger partial charge in [0.05, 0.1) is 22.3 Å². The van der Waals surface area contributed by atoms with Gasteiger partial charge in [0, 0.05) is 59.8 Å². The van der Waals surface area contributed by atoms with E-state index in [0.717, 1.165) is 72.3 Å². The molecule has 0 amide bonds. The molecule has 0 saturated carbocycles. The first-order valence-corrected chi connectivity index (χ1v) is 21.4. The molecule has 1 N–H and O–H groups in total. The number of hydrogen-bond donors (Lipinski definition) is 1. The molecule has 0 unspecified atom stereocenters. The van der Waals surface area contributed by atoms with Crippen molar-refractivity contribution in [2.45, 2.75) is 135 Å². The number of carbonyl (C=O) groups is 1. The van der Waals surface area contributed by atoms with E-state index in [4.69, 9.17) is 9.97 Å². The van der Waals surface area contributed by atoms with Gasteiger partial charge in [0.25, 0.3) is 0 Å². The number of carbonyl (C=O) groups excluding carboxylic acids is 1. The van der Waals surface area contributed by atoms with Crippen LogP contribution in [-0.4, -0.2) is 25.3 Å². The quantitative estimate of drug-likeness (QED) is 0.0488. The third-order valence-electron chi connectivity index (χ3n) is 11.5. The fourth-order valence-corrected chi connectivity index (χ4v) is 8.90. The van der Waals surface area contributed by atoms with Crippen molar-refractivity contribution in [2.24, 2.45) is 28.1 Å². The first-order valence-electron chi connectivity index (χ1n) is 21.4. The number of benzene rings is 3. The van der Waals surface area contributed by atoms with E-state index in [2.05, 4.69) is 121 Å². The molecule has 6 heteroatoms. The van der Waals surface area contributed by atoms with Crippen molar-refractivity contribution in [1.29, 1.82) is 0 Å². The number of hydrogen-bond acceptors (Lipinski definition) is 4. The van der Waals surface area contributed by atoms with Crippen LogP contribution in [0.1, 0.15) is 132 Å². The SMILES string of the molecule is CC(C)(C)Cc1ccc2c(c1)c1c(CC(C)(C)C)c(CC(C)(C)C)c3c4cc5ccccc5[c-]c4c4ncnc2c4n31.CCC(CC)C(=O)/C=C(\O)C(CC)CC.[Ir]. The van der Waals surface area contributed by atoms with Crippen molar-refractivity contribution < 1.29 is 30.0 Å². The molecule has 0 aliphatic heterocycles. The molecule has 311 valence electrons. The van der Waals surface area contributed by atoms with Crippen LogP contribution in [-0.2, 0) is 44.2 Å². The van der Waals surface area contributed by atoms with Gasteiger partial charge in [-0.05, 0) is 83.9 Å². The Balaban J connectivity index is 0.000000344. The zero-order valence-electron chi connectivity index (χ0n) is 37.4. The zero-order chi connectivity index (χ0) is 41.6. The smallest absolute Gasteiger partial charge is 0.162 e. The Morgan fingerprint density at radius 1 is 0.690 bits per heavy atom. The molecule has 0 aliphatic rings. The summed E-state index contributed by atoms with van der Waals surface area (Å²) in [7, 11) is 0. The molecule has 0 saturated heterocycles. The van der Waals surface area contributed by atoms with Crippen molar-refractivity contribution in [2.75, 3.05) is 0 Å². The molecule has 0 atom stereocenters.